The van der Waals surface area contributed by atoms with E-state index in [1.807, 2.05) is 16.7 Å². The third-order valence-corrected chi connectivity index (χ3v) is 2.40. The summed E-state index contributed by atoms with van der Waals surface area (Å²) in [5, 5.41) is 0. The quantitative estimate of drug-likeness (QED) is 0.497. The molecular weight excluding hydrogens is 134 g/mol. The van der Waals surface area contributed by atoms with Crippen molar-refractivity contribution in [2.24, 2.45) is 0 Å². The van der Waals surface area contributed by atoms with Crippen LogP contribution in [-0.2, 0) is 4.79 Å². The van der Waals surface area contributed by atoms with Crippen molar-refractivity contribution >= 4 is 17.7 Å². The molecule has 52 valence electrons. The van der Waals surface area contributed by atoms with Gasteiger partial charge in [0.1, 0.15) is 0 Å². The van der Waals surface area contributed by atoms with Crippen molar-refractivity contribution in [1.29, 1.82) is 0 Å². The summed E-state index contributed by atoms with van der Waals surface area (Å²) in [5.74, 6) is 2.44. The number of carbonyl (C=O) groups is 1. The van der Waals surface area contributed by atoms with Gasteiger partial charge in [-0.25, -0.2) is 0 Å². The zero-order valence-corrected chi connectivity index (χ0v) is 6.41. The smallest absolute Gasteiger partial charge is 0.219 e. The fraction of sp³-hybridized carbons (Fsp3) is 0.833. The summed E-state index contributed by atoms with van der Waals surface area (Å²) < 4.78 is 0. The van der Waals surface area contributed by atoms with E-state index < -0.39 is 0 Å². The average Bonchev–Trinajstić information content (AvgIpc) is 1.90. The first kappa shape index (κ1) is 6.93. The Morgan fingerprint density at radius 3 is 2.33 bits per heavy atom. The van der Waals surface area contributed by atoms with E-state index in [4.69, 9.17) is 0 Å². The summed E-state index contributed by atoms with van der Waals surface area (Å²) in [6.07, 6.45) is 0. The molecule has 2 nitrogen and oxygen atoms in total. The van der Waals surface area contributed by atoms with E-state index >= 15 is 0 Å². The predicted octanol–water partition coefficient (Wildman–Crippen LogP) is 0.582. The molecule has 0 atom stereocenters. The summed E-state index contributed by atoms with van der Waals surface area (Å²) in [4.78, 5) is 12.6. The van der Waals surface area contributed by atoms with Crippen LogP contribution in [0.4, 0.5) is 0 Å². The average molecular weight is 145 g/mol. The second-order valence-corrected chi connectivity index (χ2v) is 3.34. The Morgan fingerprint density at radius 2 is 2.00 bits per heavy atom. The third-order valence-electron chi connectivity index (χ3n) is 1.46. The van der Waals surface area contributed by atoms with Gasteiger partial charge in [0, 0.05) is 31.5 Å². The first-order chi connectivity index (χ1) is 4.30. The van der Waals surface area contributed by atoms with Gasteiger partial charge in [-0.05, 0) is 0 Å². The number of hydrogen-bond acceptors (Lipinski definition) is 2. The highest BCUT2D eigenvalue weighted by Crippen LogP contribution is 2.08. The lowest BCUT2D eigenvalue weighted by Gasteiger charge is -2.24. The van der Waals surface area contributed by atoms with Crippen LogP contribution in [-0.4, -0.2) is 35.4 Å². The molecule has 1 aliphatic rings. The van der Waals surface area contributed by atoms with E-state index in [1.54, 1.807) is 6.92 Å². The number of hydrogen-bond donors (Lipinski definition) is 0. The van der Waals surface area contributed by atoms with Crippen molar-refractivity contribution in [2.45, 2.75) is 6.92 Å². The van der Waals surface area contributed by atoms with Gasteiger partial charge in [-0.2, -0.15) is 11.8 Å². The Balaban J connectivity index is 2.31. The first-order valence-electron chi connectivity index (χ1n) is 3.14. The number of thioether (sulfide) groups is 1. The van der Waals surface area contributed by atoms with Gasteiger partial charge in [-0.15, -0.1) is 0 Å². The number of rotatable bonds is 0. The van der Waals surface area contributed by atoms with Crippen LogP contribution < -0.4 is 0 Å². The monoisotopic (exact) mass is 145 g/mol. The Bertz CT molecular complexity index is 110. The minimum absolute atomic E-state index is 0.218. The Kier molecular flexibility index (Phi) is 2.39. The van der Waals surface area contributed by atoms with Crippen molar-refractivity contribution in [3.63, 3.8) is 0 Å². The molecule has 0 aromatic rings. The summed E-state index contributed by atoms with van der Waals surface area (Å²) >= 11 is 1.92. The SMILES string of the molecule is CC(=O)N1CCSCC1. The van der Waals surface area contributed by atoms with Crippen LogP contribution >= 0.6 is 11.8 Å². The van der Waals surface area contributed by atoms with Gasteiger partial charge >= 0.3 is 0 Å². The highest BCUT2D eigenvalue weighted by molar-refractivity contribution is 7.99. The van der Waals surface area contributed by atoms with Crippen LogP contribution in [0, 0.1) is 0 Å². The van der Waals surface area contributed by atoms with Gasteiger partial charge in [-0.3, -0.25) is 4.79 Å². The molecule has 0 bridgehead atoms. The van der Waals surface area contributed by atoms with Crippen LogP contribution in [0.5, 0.6) is 0 Å². The topological polar surface area (TPSA) is 20.3 Å². The van der Waals surface area contributed by atoms with Gasteiger partial charge < -0.3 is 4.90 Å². The summed E-state index contributed by atoms with van der Waals surface area (Å²) in [7, 11) is 0. The summed E-state index contributed by atoms with van der Waals surface area (Å²) in [6.45, 7) is 3.52. The molecule has 0 spiro atoms. The van der Waals surface area contributed by atoms with E-state index in [1.165, 1.54) is 0 Å². The summed E-state index contributed by atoms with van der Waals surface area (Å²) in [6, 6.07) is 0. The molecule has 1 heterocycles. The molecule has 1 saturated heterocycles. The first-order valence-corrected chi connectivity index (χ1v) is 4.29. The van der Waals surface area contributed by atoms with Gasteiger partial charge in [0.15, 0.2) is 0 Å². The lowest BCUT2D eigenvalue weighted by Crippen LogP contribution is -2.36. The molecule has 0 saturated carbocycles. The van der Waals surface area contributed by atoms with E-state index in [9.17, 15) is 4.79 Å². The maximum Gasteiger partial charge on any atom is 0.219 e. The molecule has 0 unspecified atom stereocenters. The maximum absolute atomic E-state index is 10.7. The second kappa shape index (κ2) is 3.11. The molecule has 9 heavy (non-hydrogen) atoms. The lowest BCUT2D eigenvalue weighted by molar-refractivity contribution is -0.128. The highest BCUT2D eigenvalue weighted by atomic mass is 32.2. The third kappa shape index (κ3) is 1.90. The van der Waals surface area contributed by atoms with Gasteiger partial charge in [0.2, 0.25) is 5.91 Å². The number of carbonyl (C=O) groups excluding carboxylic acids is 1. The van der Waals surface area contributed by atoms with Crippen molar-refractivity contribution in [3.8, 4) is 0 Å². The normalized spacial score (nSPS) is 19.9. The van der Waals surface area contributed by atoms with E-state index in [0.717, 1.165) is 24.6 Å². The predicted molar refractivity (Wildman–Crippen MR) is 39.6 cm³/mol. The van der Waals surface area contributed by atoms with Crippen LogP contribution in [0.3, 0.4) is 0 Å². The molecule has 0 aromatic heterocycles. The lowest BCUT2D eigenvalue weighted by atomic mass is 10.5. The molecule has 0 radical (unpaired) electrons. The maximum atomic E-state index is 10.7. The number of amides is 1. The van der Waals surface area contributed by atoms with Gasteiger partial charge in [0.05, 0.1) is 0 Å². The molecule has 1 amide bonds. The van der Waals surface area contributed by atoms with Gasteiger partial charge in [-0.1, -0.05) is 0 Å². The molecule has 1 rings (SSSR count). The van der Waals surface area contributed by atoms with E-state index in [-0.39, 0.29) is 5.91 Å². The molecule has 1 fully saturated rings. The minimum Gasteiger partial charge on any atom is -0.341 e. The van der Waals surface area contributed by atoms with Crippen molar-refractivity contribution < 1.29 is 4.79 Å². The summed E-state index contributed by atoms with van der Waals surface area (Å²) in [5.41, 5.74) is 0. The number of nitrogens with zero attached hydrogens (tertiary/aromatic N) is 1. The Morgan fingerprint density at radius 1 is 1.44 bits per heavy atom. The van der Waals surface area contributed by atoms with Crippen LogP contribution in [0.1, 0.15) is 6.92 Å². The second-order valence-electron chi connectivity index (χ2n) is 2.12. The van der Waals surface area contributed by atoms with E-state index in [2.05, 4.69) is 0 Å². The largest absolute Gasteiger partial charge is 0.341 e. The van der Waals surface area contributed by atoms with Crippen molar-refractivity contribution in [2.75, 3.05) is 24.6 Å². The fourth-order valence-corrected chi connectivity index (χ4v) is 1.78. The highest BCUT2D eigenvalue weighted by Gasteiger charge is 2.11. The molecule has 0 aromatic carbocycles. The molecular formula is C6H11NOS. The van der Waals surface area contributed by atoms with Crippen LogP contribution in [0.15, 0.2) is 0 Å². The van der Waals surface area contributed by atoms with Crippen molar-refractivity contribution in [1.82, 2.24) is 4.90 Å². The van der Waals surface area contributed by atoms with Crippen molar-refractivity contribution in [3.05, 3.63) is 0 Å². The standard InChI is InChI=1S/C6H11NOS/c1-6(8)7-2-4-9-5-3-7/h2-5H2,1H3. The molecule has 1 aliphatic heterocycles. The van der Waals surface area contributed by atoms with Crippen LogP contribution in [0.2, 0.25) is 0 Å². The van der Waals surface area contributed by atoms with Crippen LogP contribution in [0.25, 0.3) is 0 Å². The molecule has 3 heteroatoms. The Labute approximate surface area is 59.6 Å². The fourth-order valence-electron chi connectivity index (χ4n) is 0.878. The Hall–Kier alpha value is -0.180. The minimum atomic E-state index is 0.218. The molecule has 0 aliphatic carbocycles. The van der Waals surface area contributed by atoms with Gasteiger partial charge in [0.25, 0.3) is 0 Å². The molecule has 0 N–H and O–H groups in total. The van der Waals surface area contributed by atoms with E-state index in [0.29, 0.717) is 0 Å². The zero-order valence-electron chi connectivity index (χ0n) is 5.59. The zero-order chi connectivity index (χ0) is 6.69.